The summed E-state index contributed by atoms with van der Waals surface area (Å²) < 4.78 is 5.76. The highest BCUT2D eigenvalue weighted by atomic mass is 16.5. The van der Waals surface area contributed by atoms with E-state index in [1.807, 2.05) is 0 Å². The van der Waals surface area contributed by atoms with Crippen molar-refractivity contribution in [3.63, 3.8) is 0 Å². The molecule has 74 valence electrons. The summed E-state index contributed by atoms with van der Waals surface area (Å²) in [6, 6.07) is 1.57. The van der Waals surface area contributed by atoms with Crippen LogP contribution in [0.25, 0.3) is 0 Å². The zero-order valence-electron chi connectivity index (χ0n) is 8.55. The van der Waals surface area contributed by atoms with Gasteiger partial charge < -0.3 is 10.1 Å². The van der Waals surface area contributed by atoms with Crippen LogP contribution in [0.1, 0.15) is 33.1 Å². The zero-order chi connectivity index (χ0) is 9.05. The molecular formula is C11H19NO. The van der Waals surface area contributed by atoms with Gasteiger partial charge in [0, 0.05) is 30.0 Å². The minimum atomic E-state index is 0.379. The van der Waals surface area contributed by atoms with Crippen LogP contribution in [0, 0.1) is 11.3 Å². The summed E-state index contributed by atoms with van der Waals surface area (Å²) in [5.41, 5.74) is 0.379. The van der Waals surface area contributed by atoms with Crippen LogP contribution in [-0.4, -0.2) is 24.8 Å². The third-order valence-electron chi connectivity index (χ3n) is 4.09. The van der Waals surface area contributed by atoms with Crippen molar-refractivity contribution < 1.29 is 4.74 Å². The summed E-state index contributed by atoms with van der Waals surface area (Å²) in [7, 11) is 0. The van der Waals surface area contributed by atoms with Crippen LogP contribution in [-0.2, 0) is 4.74 Å². The molecule has 0 aromatic rings. The molecule has 0 bridgehead atoms. The zero-order valence-corrected chi connectivity index (χ0v) is 8.55. The van der Waals surface area contributed by atoms with Crippen LogP contribution in [0.3, 0.4) is 0 Å². The first kappa shape index (κ1) is 8.25. The summed E-state index contributed by atoms with van der Waals surface area (Å²) in [6.07, 6.45) is 4.61. The average Bonchev–Trinajstić information content (AvgIpc) is 2.79. The Hall–Kier alpha value is -0.0800. The van der Waals surface area contributed by atoms with E-state index in [9.17, 15) is 0 Å². The minimum Gasteiger partial charge on any atom is -0.377 e. The van der Waals surface area contributed by atoms with Crippen LogP contribution < -0.4 is 5.32 Å². The molecule has 3 rings (SSSR count). The van der Waals surface area contributed by atoms with Gasteiger partial charge in [-0.15, -0.1) is 0 Å². The summed E-state index contributed by atoms with van der Waals surface area (Å²) in [6.45, 7) is 5.68. The van der Waals surface area contributed by atoms with Gasteiger partial charge in [0.1, 0.15) is 0 Å². The monoisotopic (exact) mass is 181 g/mol. The first-order chi connectivity index (χ1) is 6.19. The SMILES string of the molecule is CC1(C)C(NC2CC2)[C@@H]2CCO[C@@H]21. The molecule has 2 nitrogen and oxygen atoms in total. The van der Waals surface area contributed by atoms with Crippen LogP contribution in [0.2, 0.25) is 0 Å². The molecule has 3 aliphatic rings. The average molecular weight is 181 g/mol. The summed E-state index contributed by atoms with van der Waals surface area (Å²) in [4.78, 5) is 0. The molecule has 3 atom stereocenters. The molecule has 13 heavy (non-hydrogen) atoms. The van der Waals surface area contributed by atoms with E-state index in [-0.39, 0.29) is 0 Å². The summed E-state index contributed by atoms with van der Waals surface area (Å²) >= 11 is 0. The molecule has 0 aromatic heterocycles. The molecular weight excluding hydrogens is 162 g/mol. The van der Waals surface area contributed by atoms with Gasteiger partial charge in [0.15, 0.2) is 0 Å². The molecule has 1 unspecified atom stereocenters. The third kappa shape index (κ3) is 1.08. The first-order valence-electron chi connectivity index (χ1n) is 5.57. The number of nitrogens with one attached hydrogen (secondary N) is 1. The Bertz CT molecular complexity index is 222. The van der Waals surface area contributed by atoms with Gasteiger partial charge in [-0.2, -0.15) is 0 Å². The number of hydrogen-bond acceptors (Lipinski definition) is 2. The highest BCUT2D eigenvalue weighted by Crippen LogP contribution is 2.52. The highest BCUT2D eigenvalue weighted by molar-refractivity contribution is 5.12. The molecule has 0 radical (unpaired) electrons. The standard InChI is InChI=1S/C11H19NO/c1-11(2)9(12-7-3-4-7)8-5-6-13-10(8)11/h7-10,12H,3-6H2,1-2H3/t8-,9?,10-/m0/s1. The summed E-state index contributed by atoms with van der Waals surface area (Å²) in [5, 5.41) is 3.77. The second kappa shape index (κ2) is 2.48. The number of hydrogen-bond donors (Lipinski definition) is 1. The van der Waals surface area contributed by atoms with Gasteiger partial charge in [-0.25, -0.2) is 0 Å². The van der Waals surface area contributed by atoms with E-state index < -0.39 is 0 Å². The van der Waals surface area contributed by atoms with E-state index >= 15 is 0 Å². The van der Waals surface area contributed by atoms with Gasteiger partial charge in [0.25, 0.3) is 0 Å². The fourth-order valence-electron chi connectivity index (χ4n) is 3.17. The minimum absolute atomic E-state index is 0.379. The number of rotatable bonds is 2. The van der Waals surface area contributed by atoms with Crippen molar-refractivity contribution in [1.82, 2.24) is 5.32 Å². The first-order valence-corrected chi connectivity index (χ1v) is 5.57. The Balaban J connectivity index is 1.71. The number of fused-ring (bicyclic) bond motifs is 1. The molecule has 1 N–H and O–H groups in total. The van der Waals surface area contributed by atoms with E-state index in [1.54, 1.807) is 0 Å². The fraction of sp³-hybridized carbons (Fsp3) is 1.00. The Kier molecular flexibility index (Phi) is 1.58. The van der Waals surface area contributed by atoms with Gasteiger partial charge in [-0.1, -0.05) is 13.8 Å². The maximum absolute atomic E-state index is 5.76. The van der Waals surface area contributed by atoms with E-state index in [0.29, 0.717) is 11.5 Å². The Morgan fingerprint density at radius 2 is 2.00 bits per heavy atom. The van der Waals surface area contributed by atoms with Crippen molar-refractivity contribution in [1.29, 1.82) is 0 Å². The fourth-order valence-corrected chi connectivity index (χ4v) is 3.17. The van der Waals surface area contributed by atoms with Gasteiger partial charge in [0.05, 0.1) is 6.10 Å². The van der Waals surface area contributed by atoms with Crippen LogP contribution in [0.4, 0.5) is 0 Å². The second-order valence-corrected chi connectivity index (χ2v) is 5.48. The molecule has 2 heteroatoms. The van der Waals surface area contributed by atoms with Crippen molar-refractivity contribution in [3.8, 4) is 0 Å². The van der Waals surface area contributed by atoms with Crippen molar-refractivity contribution in [2.24, 2.45) is 11.3 Å². The van der Waals surface area contributed by atoms with Crippen LogP contribution >= 0.6 is 0 Å². The van der Waals surface area contributed by atoms with Crippen molar-refractivity contribution >= 4 is 0 Å². The van der Waals surface area contributed by atoms with E-state index in [1.165, 1.54) is 19.3 Å². The Morgan fingerprint density at radius 1 is 1.23 bits per heavy atom. The molecule has 0 aromatic carbocycles. The quantitative estimate of drug-likeness (QED) is 0.698. The Morgan fingerprint density at radius 3 is 2.69 bits per heavy atom. The third-order valence-corrected chi connectivity index (χ3v) is 4.09. The lowest BCUT2D eigenvalue weighted by Crippen LogP contribution is -2.66. The number of ether oxygens (including phenoxy) is 1. The summed E-state index contributed by atoms with van der Waals surface area (Å²) in [5.74, 6) is 0.815. The van der Waals surface area contributed by atoms with Crippen molar-refractivity contribution in [3.05, 3.63) is 0 Å². The van der Waals surface area contributed by atoms with Crippen LogP contribution in [0.5, 0.6) is 0 Å². The lowest BCUT2D eigenvalue weighted by Gasteiger charge is -2.55. The molecule has 1 aliphatic heterocycles. The molecule has 2 saturated carbocycles. The van der Waals surface area contributed by atoms with Gasteiger partial charge in [0.2, 0.25) is 0 Å². The largest absolute Gasteiger partial charge is 0.377 e. The maximum atomic E-state index is 5.76. The van der Waals surface area contributed by atoms with E-state index in [4.69, 9.17) is 4.74 Å². The predicted octanol–water partition coefficient (Wildman–Crippen LogP) is 1.55. The normalized spacial score (nSPS) is 47.1. The lowest BCUT2D eigenvalue weighted by atomic mass is 9.57. The van der Waals surface area contributed by atoms with E-state index in [0.717, 1.165) is 24.6 Å². The second-order valence-electron chi connectivity index (χ2n) is 5.48. The molecule has 0 amide bonds. The van der Waals surface area contributed by atoms with Gasteiger partial charge in [-0.05, 0) is 19.3 Å². The topological polar surface area (TPSA) is 21.3 Å². The molecule has 0 spiro atoms. The predicted molar refractivity (Wildman–Crippen MR) is 51.6 cm³/mol. The molecule has 1 saturated heterocycles. The van der Waals surface area contributed by atoms with Crippen molar-refractivity contribution in [2.45, 2.75) is 51.3 Å². The lowest BCUT2D eigenvalue weighted by molar-refractivity contribution is -0.113. The van der Waals surface area contributed by atoms with Crippen molar-refractivity contribution in [2.75, 3.05) is 6.61 Å². The van der Waals surface area contributed by atoms with Gasteiger partial charge >= 0.3 is 0 Å². The Labute approximate surface area is 80.0 Å². The molecule has 2 aliphatic carbocycles. The van der Waals surface area contributed by atoms with E-state index in [2.05, 4.69) is 19.2 Å². The molecule has 1 heterocycles. The maximum Gasteiger partial charge on any atom is 0.0685 e. The smallest absolute Gasteiger partial charge is 0.0685 e. The highest BCUT2D eigenvalue weighted by Gasteiger charge is 2.59. The molecule has 3 fully saturated rings. The van der Waals surface area contributed by atoms with Crippen LogP contribution in [0.15, 0.2) is 0 Å². The van der Waals surface area contributed by atoms with Gasteiger partial charge in [-0.3, -0.25) is 0 Å².